The van der Waals surface area contributed by atoms with Crippen LogP contribution in [0.25, 0.3) is 22.3 Å². The number of halogens is 1. The number of benzene rings is 3. The van der Waals surface area contributed by atoms with Crippen LogP contribution in [0.15, 0.2) is 72.8 Å². The van der Waals surface area contributed by atoms with E-state index in [1.807, 2.05) is 18.2 Å². The lowest BCUT2D eigenvalue weighted by Gasteiger charge is -2.19. The largest absolute Gasteiger partial charge is 0.0830 e. The quantitative estimate of drug-likeness (QED) is 0.478. The SMILES string of the molecule is CC(C)(C)c1ccc(-c2cccc(-c3ccccc3)c2Cl)cc1. The number of rotatable bonds is 2. The van der Waals surface area contributed by atoms with Crippen LogP contribution >= 0.6 is 11.6 Å². The smallest absolute Gasteiger partial charge is 0.0562 e. The molecule has 0 nitrogen and oxygen atoms in total. The molecule has 0 aliphatic carbocycles. The summed E-state index contributed by atoms with van der Waals surface area (Å²) in [6, 6.07) is 25.2. The first kappa shape index (κ1) is 15.8. The van der Waals surface area contributed by atoms with Crippen molar-refractivity contribution in [2.75, 3.05) is 0 Å². The third-order valence-electron chi connectivity index (χ3n) is 4.15. The maximum Gasteiger partial charge on any atom is 0.0562 e. The Bertz CT molecular complexity index is 794. The zero-order chi connectivity index (χ0) is 16.4. The second-order valence-corrected chi connectivity index (χ2v) is 7.24. The summed E-state index contributed by atoms with van der Waals surface area (Å²) < 4.78 is 0. The molecular weight excluding hydrogens is 300 g/mol. The van der Waals surface area contributed by atoms with Crippen molar-refractivity contribution in [2.24, 2.45) is 0 Å². The monoisotopic (exact) mass is 320 g/mol. The van der Waals surface area contributed by atoms with Gasteiger partial charge >= 0.3 is 0 Å². The summed E-state index contributed by atoms with van der Waals surface area (Å²) in [7, 11) is 0. The second-order valence-electron chi connectivity index (χ2n) is 6.86. The van der Waals surface area contributed by atoms with E-state index < -0.39 is 0 Å². The molecule has 116 valence electrons. The molecule has 0 saturated heterocycles. The Morgan fingerprint density at radius 1 is 0.609 bits per heavy atom. The Balaban J connectivity index is 2.04. The first-order valence-electron chi connectivity index (χ1n) is 7.92. The van der Waals surface area contributed by atoms with Crippen molar-refractivity contribution in [1.29, 1.82) is 0 Å². The van der Waals surface area contributed by atoms with Crippen LogP contribution in [0, 0.1) is 0 Å². The summed E-state index contributed by atoms with van der Waals surface area (Å²) in [4.78, 5) is 0. The summed E-state index contributed by atoms with van der Waals surface area (Å²) in [5, 5.41) is 0.808. The standard InChI is InChI=1S/C22H21Cl/c1-22(2,3)18-14-12-17(13-15-18)20-11-7-10-19(21(20)23)16-8-5-4-6-9-16/h4-15H,1-3H3. The van der Waals surface area contributed by atoms with Crippen LogP contribution in [0.4, 0.5) is 0 Å². The van der Waals surface area contributed by atoms with Gasteiger partial charge < -0.3 is 0 Å². The van der Waals surface area contributed by atoms with Crippen LogP contribution in [0.3, 0.4) is 0 Å². The fraction of sp³-hybridized carbons (Fsp3) is 0.182. The highest BCUT2D eigenvalue weighted by atomic mass is 35.5. The lowest BCUT2D eigenvalue weighted by Crippen LogP contribution is -2.10. The number of hydrogen-bond acceptors (Lipinski definition) is 0. The molecule has 0 atom stereocenters. The summed E-state index contributed by atoms with van der Waals surface area (Å²) in [6.07, 6.45) is 0. The molecule has 0 fully saturated rings. The summed E-state index contributed by atoms with van der Waals surface area (Å²) >= 11 is 6.71. The molecule has 3 aromatic rings. The van der Waals surface area contributed by atoms with Crippen molar-refractivity contribution in [3.63, 3.8) is 0 Å². The zero-order valence-corrected chi connectivity index (χ0v) is 14.6. The molecule has 0 N–H and O–H groups in total. The van der Waals surface area contributed by atoms with Crippen LogP contribution < -0.4 is 0 Å². The van der Waals surface area contributed by atoms with Crippen molar-refractivity contribution in [3.8, 4) is 22.3 Å². The highest BCUT2D eigenvalue weighted by Crippen LogP contribution is 2.36. The van der Waals surface area contributed by atoms with Crippen LogP contribution in [0.1, 0.15) is 26.3 Å². The van der Waals surface area contributed by atoms with Crippen LogP contribution in [-0.2, 0) is 5.41 Å². The average Bonchev–Trinajstić information content (AvgIpc) is 2.55. The van der Waals surface area contributed by atoms with Crippen molar-refractivity contribution in [1.82, 2.24) is 0 Å². The fourth-order valence-electron chi connectivity index (χ4n) is 2.75. The molecule has 0 aliphatic heterocycles. The molecule has 3 rings (SSSR count). The molecule has 0 aliphatic rings. The van der Waals surface area contributed by atoms with Gasteiger partial charge in [-0.05, 0) is 22.1 Å². The van der Waals surface area contributed by atoms with E-state index in [4.69, 9.17) is 11.6 Å². The summed E-state index contributed by atoms with van der Waals surface area (Å²) in [5.41, 5.74) is 5.94. The van der Waals surface area contributed by atoms with Gasteiger partial charge in [0.15, 0.2) is 0 Å². The maximum absolute atomic E-state index is 6.71. The molecule has 23 heavy (non-hydrogen) atoms. The first-order chi connectivity index (χ1) is 11.0. The predicted molar refractivity (Wildman–Crippen MR) is 101 cm³/mol. The molecular formula is C22H21Cl. The maximum atomic E-state index is 6.71. The van der Waals surface area contributed by atoms with Gasteiger partial charge in [0, 0.05) is 11.1 Å². The van der Waals surface area contributed by atoms with Gasteiger partial charge in [-0.25, -0.2) is 0 Å². The molecule has 0 saturated carbocycles. The van der Waals surface area contributed by atoms with E-state index in [-0.39, 0.29) is 5.41 Å². The van der Waals surface area contributed by atoms with Crippen LogP contribution in [-0.4, -0.2) is 0 Å². The fourth-order valence-corrected chi connectivity index (χ4v) is 3.09. The molecule has 0 bridgehead atoms. The normalized spacial score (nSPS) is 11.5. The van der Waals surface area contributed by atoms with E-state index in [0.717, 1.165) is 27.3 Å². The van der Waals surface area contributed by atoms with Gasteiger partial charge in [-0.3, -0.25) is 0 Å². The van der Waals surface area contributed by atoms with Gasteiger partial charge in [0.05, 0.1) is 5.02 Å². The minimum atomic E-state index is 0.161. The van der Waals surface area contributed by atoms with E-state index in [1.54, 1.807) is 0 Å². The summed E-state index contributed by atoms with van der Waals surface area (Å²) in [6.45, 7) is 6.68. The van der Waals surface area contributed by atoms with Crippen molar-refractivity contribution < 1.29 is 0 Å². The molecule has 0 amide bonds. The highest BCUT2D eigenvalue weighted by molar-refractivity contribution is 6.36. The molecule has 1 heteroatoms. The Morgan fingerprint density at radius 2 is 1.13 bits per heavy atom. The van der Waals surface area contributed by atoms with Crippen LogP contribution in [0.5, 0.6) is 0 Å². The molecule has 0 heterocycles. The Hall–Kier alpha value is -2.05. The van der Waals surface area contributed by atoms with E-state index in [0.29, 0.717) is 0 Å². The lowest BCUT2D eigenvalue weighted by atomic mass is 9.86. The van der Waals surface area contributed by atoms with E-state index >= 15 is 0 Å². The highest BCUT2D eigenvalue weighted by Gasteiger charge is 2.14. The first-order valence-corrected chi connectivity index (χ1v) is 8.29. The molecule has 0 unspecified atom stereocenters. The third-order valence-corrected chi connectivity index (χ3v) is 4.55. The lowest BCUT2D eigenvalue weighted by molar-refractivity contribution is 0.590. The van der Waals surface area contributed by atoms with Gasteiger partial charge in [0.2, 0.25) is 0 Å². The van der Waals surface area contributed by atoms with E-state index in [1.165, 1.54) is 5.56 Å². The molecule has 0 spiro atoms. The van der Waals surface area contributed by atoms with Crippen molar-refractivity contribution in [3.05, 3.63) is 83.4 Å². The molecule has 3 aromatic carbocycles. The van der Waals surface area contributed by atoms with Gasteiger partial charge in [-0.2, -0.15) is 0 Å². The molecule has 0 radical (unpaired) electrons. The van der Waals surface area contributed by atoms with Gasteiger partial charge in [0.25, 0.3) is 0 Å². The average molecular weight is 321 g/mol. The van der Waals surface area contributed by atoms with Gasteiger partial charge in [-0.1, -0.05) is 105 Å². The summed E-state index contributed by atoms with van der Waals surface area (Å²) in [5.74, 6) is 0. The van der Waals surface area contributed by atoms with Crippen molar-refractivity contribution in [2.45, 2.75) is 26.2 Å². The third kappa shape index (κ3) is 3.33. The van der Waals surface area contributed by atoms with Crippen LogP contribution in [0.2, 0.25) is 5.02 Å². The second kappa shape index (κ2) is 6.22. The van der Waals surface area contributed by atoms with E-state index in [2.05, 4.69) is 75.4 Å². The van der Waals surface area contributed by atoms with Gasteiger partial charge in [-0.15, -0.1) is 0 Å². The Labute approximate surface area is 143 Å². The predicted octanol–water partition coefficient (Wildman–Crippen LogP) is 6.97. The van der Waals surface area contributed by atoms with Gasteiger partial charge in [0.1, 0.15) is 0 Å². The minimum Gasteiger partial charge on any atom is -0.0830 e. The zero-order valence-electron chi connectivity index (χ0n) is 13.8. The van der Waals surface area contributed by atoms with E-state index in [9.17, 15) is 0 Å². The minimum absolute atomic E-state index is 0.161. The Kier molecular flexibility index (Phi) is 4.28. The number of hydrogen-bond donors (Lipinski definition) is 0. The molecule has 0 aromatic heterocycles. The Morgan fingerprint density at radius 3 is 1.65 bits per heavy atom. The topological polar surface area (TPSA) is 0 Å². The van der Waals surface area contributed by atoms with Crippen molar-refractivity contribution >= 4 is 11.6 Å².